The van der Waals surface area contributed by atoms with E-state index in [-0.39, 0.29) is 11.8 Å². The molecular formula is C17H25ClN2O. The smallest absolute Gasteiger partial charge is 0.237 e. The van der Waals surface area contributed by atoms with Gasteiger partial charge in [0.25, 0.3) is 0 Å². The van der Waals surface area contributed by atoms with Crippen molar-refractivity contribution >= 4 is 17.5 Å². The molecule has 0 spiro atoms. The maximum absolute atomic E-state index is 12.0. The lowest BCUT2D eigenvalue weighted by atomic mass is 10.0. The molecule has 1 aliphatic rings. The Morgan fingerprint density at radius 1 is 1.33 bits per heavy atom. The van der Waals surface area contributed by atoms with Crippen molar-refractivity contribution in [3.05, 3.63) is 35.9 Å². The molecule has 1 heterocycles. The number of amides is 1. The topological polar surface area (TPSA) is 23.6 Å². The van der Waals surface area contributed by atoms with E-state index in [9.17, 15) is 4.79 Å². The van der Waals surface area contributed by atoms with Crippen LogP contribution >= 0.6 is 11.6 Å². The largest absolute Gasteiger partial charge is 0.337 e. The molecule has 1 saturated heterocycles. The number of benzene rings is 1. The molecule has 3 nitrogen and oxygen atoms in total. The van der Waals surface area contributed by atoms with E-state index in [4.69, 9.17) is 11.6 Å². The lowest BCUT2D eigenvalue weighted by Crippen LogP contribution is -2.49. The van der Waals surface area contributed by atoms with Gasteiger partial charge in [0.1, 0.15) is 5.88 Å². The van der Waals surface area contributed by atoms with E-state index in [0.717, 1.165) is 39.0 Å². The first-order chi connectivity index (χ1) is 10.2. The van der Waals surface area contributed by atoms with Crippen LogP contribution in [-0.2, 0) is 11.3 Å². The molecule has 1 amide bonds. The third kappa shape index (κ3) is 4.72. The van der Waals surface area contributed by atoms with Crippen molar-refractivity contribution in [3.63, 3.8) is 0 Å². The third-order valence-electron chi connectivity index (χ3n) is 4.23. The number of likely N-dealkylation sites (tertiary alicyclic amines) is 1. The Morgan fingerprint density at radius 2 is 2.10 bits per heavy atom. The van der Waals surface area contributed by atoms with Crippen molar-refractivity contribution in [2.24, 2.45) is 0 Å². The summed E-state index contributed by atoms with van der Waals surface area (Å²) in [6.45, 7) is 5.91. The van der Waals surface area contributed by atoms with E-state index < -0.39 is 0 Å². The van der Waals surface area contributed by atoms with Gasteiger partial charge in [-0.25, -0.2) is 0 Å². The second-order valence-corrected chi connectivity index (χ2v) is 5.95. The summed E-state index contributed by atoms with van der Waals surface area (Å²) in [6, 6.07) is 10.8. The number of hydrogen-bond acceptors (Lipinski definition) is 2. The highest BCUT2D eigenvalue weighted by atomic mass is 35.5. The van der Waals surface area contributed by atoms with Gasteiger partial charge in [0, 0.05) is 25.7 Å². The van der Waals surface area contributed by atoms with Gasteiger partial charge < -0.3 is 4.90 Å². The Hall–Kier alpha value is -1.06. The lowest BCUT2D eigenvalue weighted by Gasteiger charge is -2.38. The van der Waals surface area contributed by atoms with E-state index in [2.05, 4.69) is 36.1 Å². The summed E-state index contributed by atoms with van der Waals surface area (Å²) < 4.78 is 0. The van der Waals surface area contributed by atoms with E-state index in [1.807, 2.05) is 11.0 Å². The standard InChI is InChI=1S/C17H25ClN2O/c1-2-19(13-15-8-4-3-5-9-15)14-16-10-6-7-11-20(16)17(21)12-18/h3-5,8-9,16H,2,6-7,10-14H2,1H3/t16-/m0/s1. The second-order valence-electron chi connectivity index (χ2n) is 5.68. The van der Waals surface area contributed by atoms with Crippen molar-refractivity contribution in [2.75, 3.05) is 25.5 Å². The van der Waals surface area contributed by atoms with Crippen LogP contribution in [0.2, 0.25) is 0 Å². The predicted molar refractivity (Wildman–Crippen MR) is 87.5 cm³/mol. The van der Waals surface area contributed by atoms with Gasteiger partial charge in [-0.05, 0) is 31.4 Å². The number of rotatable bonds is 6. The van der Waals surface area contributed by atoms with Crippen LogP contribution in [0.1, 0.15) is 31.7 Å². The summed E-state index contributed by atoms with van der Waals surface area (Å²) in [7, 11) is 0. The summed E-state index contributed by atoms with van der Waals surface area (Å²) in [5.74, 6) is 0.179. The summed E-state index contributed by atoms with van der Waals surface area (Å²) in [5.41, 5.74) is 1.32. The van der Waals surface area contributed by atoms with Crippen molar-refractivity contribution < 1.29 is 4.79 Å². The summed E-state index contributed by atoms with van der Waals surface area (Å²) in [6.07, 6.45) is 3.40. The Kier molecular flexibility index (Phi) is 6.52. The van der Waals surface area contributed by atoms with Crippen LogP contribution in [0.15, 0.2) is 30.3 Å². The molecule has 0 aliphatic carbocycles. The number of halogens is 1. The number of carbonyl (C=O) groups excluding carboxylic acids is 1. The van der Waals surface area contributed by atoms with E-state index in [0.29, 0.717) is 6.04 Å². The van der Waals surface area contributed by atoms with Crippen LogP contribution in [0, 0.1) is 0 Å². The van der Waals surface area contributed by atoms with E-state index in [1.54, 1.807) is 0 Å². The van der Waals surface area contributed by atoms with Crippen molar-refractivity contribution in [2.45, 2.75) is 38.8 Å². The highest BCUT2D eigenvalue weighted by molar-refractivity contribution is 6.27. The van der Waals surface area contributed by atoms with Gasteiger partial charge in [0.15, 0.2) is 0 Å². The molecule has 0 bridgehead atoms. The summed E-state index contributed by atoms with van der Waals surface area (Å²) in [5, 5.41) is 0. The SMILES string of the molecule is CCN(Cc1ccccc1)C[C@@H]1CCCCN1C(=O)CCl. The molecular weight excluding hydrogens is 284 g/mol. The van der Waals surface area contributed by atoms with Gasteiger partial charge in [0.2, 0.25) is 5.91 Å². The Bertz CT molecular complexity index is 438. The van der Waals surface area contributed by atoms with Crippen LogP contribution in [0.5, 0.6) is 0 Å². The Morgan fingerprint density at radius 3 is 2.76 bits per heavy atom. The fourth-order valence-corrected chi connectivity index (χ4v) is 3.19. The quantitative estimate of drug-likeness (QED) is 0.754. The zero-order valence-corrected chi connectivity index (χ0v) is 13.6. The Labute approximate surface area is 132 Å². The minimum absolute atomic E-state index is 0.0807. The highest BCUT2D eigenvalue weighted by Gasteiger charge is 2.27. The normalized spacial score (nSPS) is 19.0. The molecule has 2 rings (SSSR count). The molecule has 4 heteroatoms. The Balaban J connectivity index is 1.97. The predicted octanol–water partition coefficient (Wildman–Crippen LogP) is 3.13. The number of nitrogens with zero attached hydrogens (tertiary/aromatic N) is 2. The molecule has 1 aliphatic heterocycles. The first-order valence-electron chi connectivity index (χ1n) is 7.86. The minimum Gasteiger partial charge on any atom is -0.337 e. The molecule has 0 unspecified atom stereocenters. The van der Waals surface area contributed by atoms with Crippen molar-refractivity contribution in [1.82, 2.24) is 9.80 Å². The highest BCUT2D eigenvalue weighted by Crippen LogP contribution is 2.19. The number of piperidine rings is 1. The molecule has 1 aromatic carbocycles. The van der Waals surface area contributed by atoms with Crippen LogP contribution in [0.3, 0.4) is 0 Å². The van der Waals surface area contributed by atoms with Gasteiger partial charge in [-0.15, -0.1) is 11.6 Å². The molecule has 21 heavy (non-hydrogen) atoms. The van der Waals surface area contributed by atoms with Crippen LogP contribution in [0.4, 0.5) is 0 Å². The molecule has 1 atom stereocenters. The van der Waals surface area contributed by atoms with Crippen LogP contribution < -0.4 is 0 Å². The fraction of sp³-hybridized carbons (Fsp3) is 0.588. The van der Waals surface area contributed by atoms with Crippen molar-refractivity contribution in [1.29, 1.82) is 0 Å². The van der Waals surface area contributed by atoms with Crippen LogP contribution in [-0.4, -0.2) is 47.3 Å². The number of carbonyl (C=O) groups is 1. The molecule has 0 N–H and O–H groups in total. The molecule has 116 valence electrons. The zero-order valence-electron chi connectivity index (χ0n) is 12.8. The molecule has 1 fully saturated rings. The van der Waals surface area contributed by atoms with Gasteiger partial charge >= 0.3 is 0 Å². The average Bonchev–Trinajstić information content (AvgIpc) is 2.55. The van der Waals surface area contributed by atoms with Gasteiger partial charge in [-0.3, -0.25) is 9.69 Å². The zero-order chi connectivity index (χ0) is 15.1. The molecule has 0 saturated carbocycles. The molecule has 0 aromatic heterocycles. The number of alkyl halides is 1. The maximum Gasteiger partial charge on any atom is 0.237 e. The summed E-state index contributed by atoms with van der Waals surface area (Å²) in [4.78, 5) is 16.4. The molecule has 0 radical (unpaired) electrons. The van der Waals surface area contributed by atoms with Gasteiger partial charge in [-0.2, -0.15) is 0 Å². The first kappa shape index (κ1) is 16.3. The fourth-order valence-electron chi connectivity index (χ4n) is 3.04. The van der Waals surface area contributed by atoms with E-state index in [1.165, 1.54) is 12.0 Å². The monoisotopic (exact) mass is 308 g/mol. The first-order valence-corrected chi connectivity index (χ1v) is 8.39. The second kappa shape index (κ2) is 8.40. The number of hydrogen-bond donors (Lipinski definition) is 0. The lowest BCUT2D eigenvalue weighted by molar-refractivity contribution is -0.132. The van der Waals surface area contributed by atoms with E-state index >= 15 is 0 Å². The van der Waals surface area contributed by atoms with Gasteiger partial charge in [-0.1, -0.05) is 37.3 Å². The molecule has 1 aromatic rings. The van der Waals surface area contributed by atoms with Crippen molar-refractivity contribution in [3.8, 4) is 0 Å². The minimum atomic E-state index is 0.0807. The maximum atomic E-state index is 12.0. The number of likely N-dealkylation sites (N-methyl/N-ethyl adjacent to an activating group) is 1. The third-order valence-corrected chi connectivity index (χ3v) is 4.46. The van der Waals surface area contributed by atoms with Gasteiger partial charge in [0.05, 0.1) is 0 Å². The average molecular weight is 309 g/mol. The summed E-state index contributed by atoms with van der Waals surface area (Å²) >= 11 is 5.75. The van der Waals surface area contributed by atoms with Crippen LogP contribution in [0.25, 0.3) is 0 Å².